The quantitative estimate of drug-likeness (QED) is 0.850. The predicted octanol–water partition coefficient (Wildman–Crippen LogP) is 4.05. The van der Waals surface area contributed by atoms with E-state index in [0.29, 0.717) is 18.5 Å². The standard InChI is InChI=1S/C17H20F3NO4/c1-15(2)12(8-9-16(15,3)14(23)24)13(22)21-10-4-6-11(7-5-10)25-17(18,19)20/h4-7,12H,8-9H2,1-3H3,(H,21,22)(H,23,24)/t12-,16-/m1/s1. The summed E-state index contributed by atoms with van der Waals surface area (Å²) in [5, 5.41) is 12.1. The zero-order chi connectivity index (χ0) is 19.0. The fourth-order valence-electron chi connectivity index (χ4n) is 3.31. The maximum atomic E-state index is 12.5. The highest BCUT2D eigenvalue weighted by atomic mass is 19.4. The molecule has 1 aliphatic carbocycles. The van der Waals surface area contributed by atoms with Crippen LogP contribution in [0.4, 0.5) is 18.9 Å². The highest BCUT2D eigenvalue weighted by Gasteiger charge is 2.58. The summed E-state index contributed by atoms with van der Waals surface area (Å²) in [6, 6.07) is 4.81. The Balaban J connectivity index is 2.09. The normalized spacial score (nSPS) is 25.4. The van der Waals surface area contributed by atoms with Crippen molar-refractivity contribution in [2.45, 2.75) is 40.0 Å². The lowest BCUT2D eigenvalue weighted by atomic mass is 9.65. The number of ether oxygens (including phenoxy) is 1. The van der Waals surface area contributed by atoms with E-state index in [9.17, 15) is 27.9 Å². The number of alkyl halides is 3. The molecule has 2 N–H and O–H groups in total. The number of carbonyl (C=O) groups excluding carboxylic acids is 1. The van der Waals surface area contributed by atoms with Crippen LogP contribution in [0.5, 0.6) is 5.75 Å². The van der Waals surface area contributed by atoms with Crippen LogP contribution in [-0.2, 0) is 9.59 Å². The summed E-state index contributed by atoms with van der Waals surface area (Å²) in [4.78, 5) is 24.1. The molecule has 5 nitrogen and oxygen atoms in total. The summed E-state index contributed by atoms with van der Waals surface area (Å²) in [7, 11) is 0. The molecule has 25 heavy (non-hydrogen) atoms. The number of halogens is 3. The largest absolute Gasteiger partial charge is 0.573 e. The maximum Gasteiger partial charge on any atom is 0.573 e. The minimum Gasteiger partial charge on any atom is -0.481 e. The van der Waals surface area contributed by atoms with Crippen molar-refractivity contribution in [3.05, 3.63) is 24.3 Å². The van der Waals surface area contributed by atoms with Gasteiger partial charge in [-0.2, -0.15) is 0 Å². The van der Waals surface area contributed by atoms with Crippen molar-refractivity contribution < 1.29 is 32.6 Å². The Bertz CT molecular complexity index is 669. The van der Waals surface area contributed by atoms with Gasteiger partial charge in [-0.05, 0) is 49.4 Å². The molecule has 2 atom stereocenters. The second kappa shape index (κ2) is 6.24. The lowest BCUT2D eigenvalue weighted by Gasteiger charge is -2.37. The van der Waals surface area contributed by atoms with Crippen molar-refractivity contribution in [3.63, 3.8) is 0 Å². The number of carboxylic acids is 1. The number of anilines is 1. The molecular formula is C17H20F3NO4. The van der Waals surface area contributed by atoms with E-state index >= 15 is 0 Å². The molecule has 8 heteroatoms. The number of hydrogen-bond donors (Lipinski definition) is 2. The molecule has 138 valence electrons. The van der Waals surface area contributed by atoms with Gasteiger partial charge in [-0.25, -0.2) is 0 Å². The van der Waals surface area contributed by atoms with Gasteiger partial charge in [0.2, 0.25) is 5.91 Å². The Morgan fingerprint density at radius 2 is 1.76 bits per heavy atom. The van der Waals surface area contributed by atoms with Crippen LogP contribution >= 0.6 is 0 Å². The van der Waals surface area contributed by atoms with E-state index in [1.807, 2.05) is 0 Å². The topological polar surface area (TPSA) is 75.6 Å². The average Bonchev–Trinajstić information content (AvgIpc) is 2.71. The molecule has 0 bridgehead atoms. The second-order valence-electron chi connectivity index (χ2n) is 7.01. The number of nitrogens with one attached hydrogen (secondary N) is 1. The van der Waals surface area contributed by atoms with E-state index < -0.39 is 29.1 Å². The number of amides is 1. The molecule has 0 unspecified atom stereocenters. The first-order chi connectivity index (χ1) is 11.4. The lowest BCUT2D eigenvalue weighted by Crippen LogP contribution is -2.43. The molecule has 0 spiro atoms. The van der Waals surface area contributed by atoms with Crippen molar-refractivity contribution >= 4 is 17.6 Å². The summed E-state index contributed by atoms with van der Waals surface area (Å²) in [6.07, 6.45) is -3.97. The van der Waals surface area contributed by atoms with Crippen molar-refractivity contribution in [3.8, 4) is 5.75 Å². The number of benzene rings is 1. The van der Waals surface area contributed by atoms with E-state index in [0.717, 1.165) is 12.1 Å². The molecule has 1 aromatic rings. The Hall–Kier alpha value is -2.25. The summed E-state index contributed by atoms with van der Waals surface area (Å²) < 4.78 is 40.2. The Labute approximate surface area is 143 Å². The van der Waals surface area contributed by atoms with Gasteiger partial charge in [0.25, 0.3) is 0 Å². The SMILES string of the molecule is CC1(C)[C@@H](C(=O)Nc2ccc(OC(F)(F)F)cc2)CC[C@]1(C)C(=O)O. The van der Waals surface area contributed by atoms with Crippen LogP contribution < -0.4 is 10.1 Å². The van der Waals surface area contributed by atoms with Gasteiger partial charge in [0, 0.05) is 11.6 Å². The van der Waals surface area contributed by atoms with Gasteiger partial charge in [-0.1, -0.05) is 13.8 Å². The minimum atomic E-state index is -4.78. The number of carboxylic acid groups (broad SMARTS) is 1. The molecule has 0 aliphatic heterocycles. The van der Waals surface area contributed by atoms with Crippen LogP contribution in [0.3, 0.4) is 0 Å². The van der Waals surface area contributed by atoms with Crippen LogP contribution in [0.15, 0.2) is 24.3 Å². The van der Waals surface area contributed by atoms with Crippen LogP contribution in [0.25, 0.3) is 0 Å². The van der Waals surface area contributed by atoms with Gasteiger partial charge in [-0.15, -0.1) is 13.2 Å². The highest BCUT2D eigenvalue weighted by Crippen LogP contribution is 2.56. The van der Waals surface area contributed by atoms with Crippen molar-refractivity contribution in [2.24, 2.45) is 16.7 Å². The first kappa shape index (κ1) is 19.1. The van der Waals surface area contributed by atoms with E-state index in [-0.39, 0.29) is 11.7 Å². The smallest absolute Gasteiger partial charge is 0.481 e. The van der Waals surface area contributed by atoms with E-state index in [4.69, 9.17) is 0 Å². The van der Waals surface area contributed by atoms with Crippen molar-refractivity contribution in [2.75, 3.05) is 5.32 Å². The lowest BCUT2D eigenvalue weighted by molar-refractivity contribution is -0.274. The van der Waals surface area contributed by atoms with Crippen molar-refractivity contribution in [1.29, 1.82) is 0 Å². The van der Waals surface area contributed by atoms with E-state index in [2.05, 4.69) is 10.1 Å². The van der Waals surface area contributed by atoms with Gasteiger partial charge >= 0.3 is 12.3 Å². The fraction of sp³-hybridized carbons (Fsp3) is 0.529. The molecular weight excluding hydrogens is 339 g/mol. The van der Waals surface area contributed by atoms with Gasteiger partial charge < -0.3 is 15.2 Å². The average molecular weight is 359 g/mol. The Kier molecular flexibility index (Phi) is 4.76. The Morgan fingerprint density at radius 3 is 2.20 bits per heavy atom. The molecule has 1 fully saturated rings. The monoisotopic (exact) mass is 359 g/mol. The van der Waals surface area contributed by atoms with Gasteiger partial charge in [0.1, 0.15) is 5.75 Å². The van der Waals surface area contributed by atoms with Crippen LogP contribution in [0.2, 0.25) is 0 Å². The number of aliphatic carboxylic acids is 1. The van der Waals surface area contributed by atoms with E-state index in [1.165, 1.54) is 12.1 Å². The van der Waals surface area contributed by atoms with E-state index in [1.54, 1.807) is 20.8 Å². The zero-order valence-corrected chi connectivity index (χ0v) is 14.1. The Morgan fingerprint density at radius 1 is 1.20 bits per heavy atom. The predicted molar refractivity (Wildman–Crippen MR) is 84.0 cm³/mol. The maximum absolute atomic E-state index is 12.5. The first-order valence-electron chi connectivity index (χ1n) is 7.77. The van der Waals surface area contributed by atoms with Crippen LogP contribution in [0.1, 0.15) is 33.6 Å². The third kappa shape index (κ3) is 3.72. The molecule has 2 rings (SSSR count). The zero-order valence-electron chi connectivity index (χ0n) is 14.1. The summed E-state index contributed by atoms with van der Waals surface area (Å²) >= 11 is 0. The van der Waals surface area contributed by atoms with Gasteiger partial charge in [-0.3, -0.25) is 9.59 Å². The molecule has 0 saturated heterocycles. The van der Waals surface area contributed by atoms with Crippen LogP contribution in [-0.4, -0.2) is 23.3 Å². The van der Waals surface area contributed by atoms with Gasteiger partial charge in [0.05, 0.1) is 5.41 Å². The molecule has 1 aliphatic rings. The van der Waals surface area contributed by atoms with Crippen LogP contribution in [0, 0.1) is 16.7 Å². The third-order valence-electron chi connectivity index (χ3n) is 5.37. The summed E-state index contributed by atoms with van der Waals surface area (Å²) in [5.41, 5.74) is -1.46. The second-order valence-corrected chi connectivity index (χ2v) is 7.01. The summed E-state index contributed by atoms with van der Waals surface area (Å²) in [6.45, 7) is 5.13. The molecule has 0 radical (unpaired) electrons. The van der Waals surface area contributed by atoms with Crippen molar-refractivity contribution in [1.82, 2.24) is 0 Å². The molecule has 0 heterocycles. The van der Waals surface area contributed by atoms with Gasteiger partial charge in [0.15, 0.2) is 0 Å². The number of carbonyl (C=O) groups is 2. The molecule has 1 saturated carbocycles. The number of rotatable bonds is 4. The molecule has 0 aromatic heterocycles. The number of hydrogen-bond acceptors (Lipinski definition) is 3. The fourth-order valence-corrected chi connectivity index (χ4v) is 3.31. The highest BCUT2D eigenvalue weighted by molar-refractivity contribution is 5.94. The molecule has 1 amide bonds. The third-order valence-corrected chi connectivity index (χ3v) is 5.37. The minimum absolute atomic E-state index is 0.319. The molecule has 1 aromatic carbocycles. The first-order valence-corrected chi connectivity index (χ1v) is 7.77. The summed E-state index contributed by atoms with van der Waals surface area (Å²) in [5.74, 6) is -2.19.